The molecule has 1 atom stereocenters. The van der Waals surface area contributed by atoms with E-state index in [4.69, 9.17) is 5.11 Å². The fraction of sp³-hybridized carbons (Fsp3) is 0.615. The van der Waals surface area contributed by atoms with Gasteiger partial charge in [0.2, 0.25) is 0 Å². The van der Waals surface area contributed by atoms with Crippen LogP contribution in [0.25, 0.3) is 0 Å². The third-order valence-electron chi connectivity index (χ3n) is 3.42. The van der Waals surface area contributed by atoms with Crippen molar-refractivity contribution < 1.29 is 14.7 Å². The molecule has 2 amide bonds. The molecule has 7 heteroatoms. The second kappa shape index (κ2) is 5.78. The summed E-state index contributed by atoms with van der Waals surface area (Å²) in [4.78, 5) is 28.8. The van der Waals surface area contributed by atoms with Crippen molar-refractivity contribution in [3.63, 3.8) is 0 Å². The minimum Gasteiger partial charge on any atom is -0.481 e. The Morgan fingerprint density at radius 1 is 1.60 bits per heavy atom. The van der Waals surface area contributed by atoms with Gasteiger partial charge in [0.15, 0.2) is 0 Å². The first kappa shape index (κ1) is 14.8. The molecule has 1 aliphatic rings. The number of thiazole rings is 1. The first-order valence-corrected chi connectivity index (χ1v) is 7.45. The summed E-state index contributed by atoms with van der Waals surface area (Å²) in [6.07, 6.45) is 2.59. The van der Waals surface area contributed by atoms with Gasteiger partial charge in [0.25, 0.3) is 0 Å². The van der Waals surface area contributed by atoms with Gasteiger partial charge in [0, 0.05) is 31.1 Å². The number of hydrogen-bond acceptors (Lipinski definition) is 4. The average Bonchev–Trinajstić information content (AvgIpc) is 2.97. The molecule has 0 saturated carbocycles. The number of rotatable bonds is 4. The number of urea groups is 1. The number of carbonyl (C=O) groups excluding carboxylic acids is 1. The molecule has 0 aromatic carbocycles. The average molecular weight is 297 g/mol. The van der Waals surface area contributed by atoms with E-state index in [0.29, 0.717) is 13.1 Å². The Morgan fingerprint density at radius 2 is 2.35 bits per heavy atom. The molecule has 1 unspecified atom stereocenters. The Hall–Kier alpha value is -1.63. The van der Waals surface area contributed by atoms with Gasteiger partial charge >= 0.3 is 12.0 Å². The van der Waals surface area contributed by atoms with E-state index < -0.39 is 11.5 Å². The van der Waals surface area contributed by atoms with Crippen LogP contribution in [0.3, 0.4) is 0 Å². The largest absolute Gasteiger partial charge is 0.481 e. The van der Waals surface area contributed by atoms with E-state index in [1.54, 1.807) is 11.1 Å². The first-order chi connectivity index (χ1) is 9.38. The SMILES string of the molecule is CC(C)(NC(=O)N1CCC(CC(=O)O)C1)c1nccs1. The standard InChI is InChI=1S/C13H19N3O3S/c1-13(2,11-14-4-6-20-11)15-12(19)16-5-3-9(8-16)7-10(17)18/h4,6,9H,3,5,7-8H2,1-2H3,(H,15,19)(H,17,18). The van der Waals surface area contributed by atoms with Crippen molar-refractivity contribution in [2.24, 2.45) is 5.92 Å². The minimum atomic E-state index is -0.805. The molecule has 20 heavy (non-hydrogen) atoms. The molecule has 110 valence electrons. The van der Waals surface area contributed by atoms with Gasteiger partial charge in [-0.2, -0.15) is 0 Å². The summed E-state index contributed by atoms with van der Waals surface area (Å²) >= 11 is 1.50. The van der Waals surface area contributed by atoms with Crippen molar-refractivity contribution in [1.82, 2.24) is 15.2 Å². The van der Waals surface area contributed by atoms with Crippen LogP contribution in [0.2, 0.25) is 0 Å². The fourth-order valence-electron chi connectivity index (χ4n) is 2.36. The van der Waals surface area contributed by atoms with Crippen LogP contribution in [0, 0.1) is 5.92 Å². The van der Waals surface area contributed by atoms with Crippen molar-refractivity contribution in [3.05, 3.63) is 16.6 Å². The molecule has 1 aliphatic heterocycles. The van der Waals surface area contributed by atoms with Crippen LogP contribution in [0.4, 0.5) is 4.79 Å². The second-order valence-corrected chi connectivity index (χ2v) is 6.49. The molecule has 2 N–H and O–H groups in total. The van der Waals surface area contributed by atoms with Gasteiger partial charge in [-0.1, -0.05) is 0 Å². The van der Waals surface area contributed by atoms with E-state index in [0.717, 1.165) is 11.4 Å². The van der Waals surface area contributed by atoms with E-state index in [2.05, 4.69) is 10.3 Å². The van der Waals surface area contributed by atoms with Gasteiger partial charge in [0.05, 0.1) is 5.54 Å². The highest BCUT2D eigenvalue weighted by molar-refractivity contribution is 7.09. The van der Waals surface area contributed by atoms with Gasteiger partial charge in [0.1, 0.15) is 5.01 Å². The lowest BCUT2D eigenvalue weighted by Gasteiger charge is -2.27. The van der Waals surface area contributed by atoms with Crippen LogP contribution < -0.4 is 5.32 Å². The summed E-state index contributed by atoms with van der Waals surface area (Å²) < 4.78 is 0. The van der Waals surface area contributed by atoms with Gasteiger partial charge in [-0.3, -0.25) is 4.79 Å². The number of carboxylic acid groups (broad SMARTS) is 1. The second-order valence-electron chi connectivity index (χ2n) is 5.59. The van der Waals surface area contributed by atoms with Crippen LogP contribution >= 0.6 is 11.3 Å². The number of hydrogen-bond donors (Lipinski definition) is 2. The summed E-state index contributed by atoms with van der Waals surface area (Å²) in [6.45, 7) is 4.94. The Kier molecular flexibility index (Phi) is 4.27. The van der Waals surface area contributed by atoms with E-state index in [-0.39, 0.29) is 18.4 Å². The molecule has 0 aliphatic carbocycles. The number of amides is 2. The molecular formula is C13H19N3O3S. The number of nitrogens with one attached hydrogen (secondary N) is 1. The Labute approximate surface area is 121 Å². The van der Waals surface area contributed by atoms with Gasteiger partial charge in [-0.25, -0.2) is 9.78 Å². The summed E-state index contributed by atoms with van der Waals surface area (Å²) in [5, 5.41) is 14.5. The van der Waals surface area contributed by atoms with Crippen molar-refractivity contribution in [3.8, 4) is 0 Å². The molecule has 1 aromatic rings. The highest BCUT2D eigenvalue weighted by atomic mass is 32.1. The predicted octanol–water partition coefficient (Wildman–Crippen LogP) is 1.88. The van der Waals surface area contributed by atoms with Crippen molar-refractivity contribution in [2.45, 2.75) is 32.2 Å². The third kappa shape index (κ3) is 3.47. The maximum atomic E-state index is 12.2. The number of carbonyl (C=O) groups is 2. The Bertz CT molecular complexity index is 487. The van der Waals surface area contributed by atoms with Crippen LogP contribution in [0.1, 0.15) is 31.7 Å². The van der Waals surface area contributed by atoms with Gasteiger partial charge in [-0.15, -0.1) is 11.3 Å². The lowest BCUT2D eigenvalue weighted by atomic mass is 10.1. The summed E-state index contributed by atoms with van der Waals surface area (Å²) in [6, 6.07) is -0.155. The quantitative estimate of drug-likeness (QED) is 0.889. The van der Waals surface area contributed by atoms with E-state index in [9.17, 15) is 9.59 Å². The zero-order valence-corrected chi connectivity index (χ0v) is 12.4. The molecular weight excluding hydrogens is 278 g/mol. The van der Waals surface area contributed by atoms with Gasteiger partial charge in [-0.05, 0) is 26.2 Å². The molecule has 0 radical (unpaired) electrons. The maximum Gasteiger partial charge on any atom is 0.318 e. The molecule has 1 aromatic heterocycles. The number of aromatic nitrogens is 1. The lowest BCUT2D eigenvalue weighted by Crippen LogP contribution is -2.47. The van der Waals surface area contributed by atoms with E-state index in [1.165, 1.54) is 11.3 Å². The third-order valence-corrected chi connectivity index (χ3v) is 4.52. The highest BCUT2D eigenvalue weighted by Gasteiger charge is 2.32. The summed E-state index contributed by atoms with van der Waals surface area (Å²) in [5.41, 5.74) is -0.518. The number of nitrogens with zero attached hydrogens (tertiary/aromatic N) is 2. The van der Waals surface area contributed by atoms with Crippen molar-refractivity contribution in [2.75, 3.05) is 13.1 Å². The monoisotopic (exact) mass is 297 g/mol. The maximum absolute atomic E-state index is 12.2. The predicted molar refractivity (Wildman–Crippen MR) is 75.6 cm³/mol. The van der Waals surface area contributed by atoms with E-state index in [1.807, 2.05) is 19.2 Å². The number of likely N-dealkylation sites (tertiary alicyclic amines) is 1. The fourth-order valence-corrected chi connectivity index (χ4v) is 3.08. The summed E-state index contributed by atoms with van der Waals surface area (Å²) in [7, 11) is 0. The van der Waals surface area contributed by atoms with E-state index >= 15 is 0 Å². The van der Waals surface area contributed by atoms with Crippen LogP contribution in [-0.4, -0.2) is 40.1 Å². The number of aliphatic carboxylic acids is 1. The summed E-state index contributed by atoms with van der Waals surface area (Å²) in [5.74, 6) is -0.749. The smallest absolute Gasteiger partial charge is 0.318 e. The Morgan fingerprint density at radius 3 is 2.95 bits per heavy atom. The molecule has 2 rings (SSSR count). The zero-order chi connectivity index (χ0) is 14.8. The number of carboxylic acids is 1. The van der Waals surface area contributed by atoms with Crippen molar-refractivity contribution in [1.29, 1.82) is 0 Å². The topological polar surface area (TPSA) is 82.5 Å². The molecule has 1 saturated heterocycles. The van der Waals surface area contributed by atoms with Crippen LogP contribution in [0.5, 0.6) is 0 Å². The molecule has 0 spiro atoms. The highest BCUT2D eigenvalue weighted by Crippen LogP contribution is 2.24. The van der Waals surface area contributed by atoms with Crippen LogP contribution in [-0.2, 0) is 10.3 Å². The minimum absolute atomic E-state index is 0.0567. The Balaban J connectivity index is 1.91. The lowest BCUT2D eigenvalue weighted by molar-refractivity contribution is -0.138. The van der Waals surface area contributed by atoms with Crippen LogP contribution in [0.15, 0.2) is 11.6 Å². The zero-order valence-electron chi connectivity index (χ0n) is 11.6. The normalized spacial score (nSPS) is 19.1. The molecule has 6 nitrogen and oxygen atoms in total. The molecule has 1 fully saturated rings. The van der Waals surface area contributed by atoms with Crippen molar-refractivity contribution >= 4 is 23.3 Å². The van der Waals surface area contributed by atoms with Gasteiger partial charge < -0.3 is 15.3 Å². The molecule has 2 heterocycles. The first-order valence-electron chi connectivity index (χ1n) is 6.57. The molecule has 0 bridgehead atoms.